The van der Waals surface area contributed by atoms with Crippen molar-refractivity contribution in [2.24, 2.45) is 11.8 Å². The van der Waals surface area contributed by atoms with Crippen LogP contribution in [0.4, 0.5) is 9.59 Å². The number of carbonyl (C=O) groups is 13. The molecule has 2 aromatic carbocycles. The maximum atomic E-state index is 14.4. The molecule has 6 fully saturated rings. The fourth-order valence-corrected chi connectivity index (χ4v) is 15.8. The molecule has 112 heavy (non-hydrogen) atoms. The summed E-state index contributed by atoms with van der Waals surface area (Å²) in [6.07, 6.45) is 11.7. The number of rotatable bonds is 16. The van der Waals surface area contributed by atoms with Gasteiger partial charge in [0.05, 0.1) is 48.6 Å². The number of alkyl carbamates (subject to hydrolysis) is 2. The molecule has 0 saturated carbocycles. The topological polar surface area (TPSA) is 388 Å². The van der Waals surface area contributed by atoms with E-state index in [1.54, 1.807) is 130 Å². The number of carbonyl (C=O) groups excluding carboxylic acids is 13. The summed E-state index contributed by atoms with van der Waals surface area (Å²) in [5.74, 6) is -7.65. The van der Waals surface area contributed by atoms with E-state index in [1.807, 2.05) is 27.7 Å². The van der Waals surface area contributed by atoms with Crippen LogP contribution >= 0.6 is 0 Å². The minimum atomic E-state index is -1.72. The van der Waals surface area contributed by atoms with Gasteiger partial charge in [-0.3, -0.25) is 52.7 Å². The van der Waals surface area contributed by atoms with Crippen molar-refractivity contribution in [3.05, 3.63) is 71.8 Å². The molecular formula is C82H126N12O18. The van der Waals surface area contributed by atoms with Crippen LogP contribution in [0.2, 0.25) is 0 Å². The predicted octanol–water partition coefficient (Wildman–Crippen LogP) is 6.40. The number of hydrogen-bond acceptors (Lipinski definition) is 18. The van der Waals surface area contributed by atoms with E-state index in [4.69, 9.17) is 18.9 Å². The SMILES string of the molecule is CN(C)C(=O)[C@@H](NC(=O)CNC(=O)C(=O)[C@@H]1CCCCCCCCCC[C@H](NC(=O)OC(C)(C)C)C(=O)N2CC3OC(C)(C)C[C@@H]3[C@H]2C(=O)N1)c1ccccc1.CN(C)C(=O)[C@@H](NC(=O)CNC(=O)C(O)[C@@H]1CCCCCCCCCC[C@H](NC(=O)OC(C)(C)C)C(=O)N2CC3OC(C)(C)C[C@@H]3[C@H]2C(=O)N1)c1ccccc1. The summed E-state index contributed by atoms with van der Waals surface area (Å²) in [5, 5.41) is 32.9. The minimum Gasteiger partial charge on any atom is -0.444 e. The van der Waals surface area contributed by atoms with Gasteiger partial charge in [0.15, 0.2) is 6.10 Å². The summed E-state index contributed by atoms with van der Waals surface area (Å²) in [7, 11) is 6.29. The third-order valence-corrected chi connectivity index (χ3v) is 21.1. The quantitative estimate of drug-likeness (QED) is 0.0821. The molecule has 0 aromatic heterocycles. The lowest BCUT2D eigenvalue weighted by molar-refractivity contribution is -0.144. The number of benzene rings is 2. The first kappa shape index (κ1) is 90.4. The Balaban J connectivity index is 0.000000311. The lowest BCUT2D eigenvalue weighted by Crippen LogP contribution is -2.59. The zero-order chi connectivity index (χ0) is 82.4. The van der Waals surface area contributed by atoms with E-state index >= 15 is 0 Å². The van der Waals surface area contributed by atoms with Gasteiger partial charge in [-0.15, -0.1) is 0 Å². The van der Waals surface area contributed by atoms with E-state index in [-0.39, 0.29) is 43.7 Å². The highest BCUT2D eigenvalue weighted by Crippen LogP contribution is 2.45. The zero-order valence-electron chi connectivity index (χ0n) is 68.3. The Bertz CT molecular complexity index is 3560. The van der Waals surface area contributed by atoms with Gasteiger partial charge in [-0.2, -0.15) is 0 Å². The average Bonchev–Trinajstić information content (AvgIpc) is 1.60. The van der Waals surface area contributed by atoms with E-state index in [2.05, 4.69) is 42.5 Å². The second kappa shape index (κ2) is 41.3. The van der Waals surface area contributed by atoms with Gasteiger partial charge in [0.25, 0.3) is 11.8 Å². The van der Waals surface area contributed by atoms with Crippen molar-refractivity contribution in [2.75, 3.05) is 54.4 Å². The lowest BCUT2D eigenvalue weighted by Gasteiger charge is -2.33. The van der Waals surface area contributed by atoms with Gasteiger partial charge >= 0.3 is 12.2 Å². The fraction of sp³-hybridized carbons (Fsp3) is 0.695. The monoisotopic (exact) mass is 1570 g/mol. The summed E-state index contributed by atoms with van der Waals surface area (Å²) >= 11 is 0. The van der Waals surface area contributed by atoms with Gasteiger partial charge in [-0.25, -0.2) is 9.59 Å². The molecule has 0 bridgehead atoms. The average molecular weight is 1570 g/mol. The number of Topliss-reactive ketones (excluding diaryl/α,β-unsaturated/α-hetero) is 1. The molecule has 30 heteroatoms. The van der Waals surface area contributed by atoms with Crippen LogP contribution in [0.3, 0.4) is 0 Å². The molecule has 12 amide bonds. The highest BCUT2D eigenvalue weighted by atomic mass is 16.6. The van der Waals surface area contributed by atoms with Crippen LogP contribution in [0.5, 0.6) is 0 Å². The fourth-order valence-electron chi connectivity index (χ4n) is 15.8. The molecular weight excluding hydrogens is 1440 g/mol. The largest absolute Gasteiger partial charge is 0.444 e. The van der Waals surface area contributed by atoms with Gasteiger partial charge in [-0.05, 0) is 119 Å². The second-order valence-electron chi connectivity index (χ2n) is 34.3. The summed E-state index contributed by atoms with van der Waals surface area (Å²) in [5.41, 5.74) is -1.54. The molecule has 6 aliphatic heterocycles. The number of aliphatic hydroxyl groups is 1. The molecule has 13 atom stereocenters. The van der Waals surface area contributed by atoms with Crippen molar-refractivity contribution < 1.29 is 86.4 Å². The van der Waals surface area contributed by atoms with Crippen LogP contribution in [0.25, 0.3) is 0 Å². The van der Waals surface area contributed by atoms with E-state index in [1.165, 1.54) is 19.6 Å². The first-order chi connectivity index (χ1) is 52.7. The third-order valence-electron chi connectivity index (χ3n) is 21.1. The van der Waals surface area contributed by atoms with E-state index in [9.17, 15) is 67.4 Å². The van der Waals surface area contributed by atoms with Gasteiger partial charge in [0.2, 0.25) is 53.0 Å². The second-order valence-corrected chi connectivity index (χ2v) is 34.3. The van der Waals surface area contributed by atoms with Crippen molar-refractivity contribution in [1.82, 2.24) is 62.1 Å². The van der Waals surface area contributed by atoms with Crippen LogP contribution in [0, 0.1) is 11.8 Å². The van der Waals surface area contributed by atoms with Crippen LogP contribution in [0.1, 0.15) is 234 Å². The molecule has 6 heterocycles. The molecule has 6 saturated heterocycles. The van der Waals surface area contributed by atoms with Crippen LogP contribution in [-0.2, 0) is 71.7 Å². The molecule has 0 radical (unpaired) electrons. The van der Waals surface area contributed by atoms with Crippen molar-refractivity contribution in [2.45, 2.75) is 300 Å². The lowest BCUT2D eigenvalue weighted by atomic mass is 9.89. The predicted molar refractivity (Wildman–Crippen MR) is 417 cm³/mol. The van der Waals surface area contributed by atoms with E-state index in [0.717, 1.165) is 77.0 Å². The highest BCUT2D eigenvalue weighted by molar-refractivity contribution is 6.38. The Morgan fingerprint density at radius 2 is 0.875 bits per heavy atom. The van der Waals surface area contributed by atoms with E-state index in [0.29, 0.717) is 62.5 Å². The van der Waals surface area contributed by atoms with E-state index < -0.39 is 173 Å². The molecule has 2 aromatic rings. The summed E-state index contributed by atoms with van der Waals surface area (Å²) in [6, 6.07) is 9.24. The molecule has 0 spiro atoms. The van der Waals surface area contributed by atoms with Gasteiger partial charge in [0.1, 0.15) is 47.5 Å². The molecule has 6 aliphatic rings. The van der Waals surface area contributed by atoms with Gasteiger partial charge in [0, 0.05) is 53.1 Å². The maximum absolute atomic E-state index is 14.4. The Morgan fingerprint density at radius 3 is 1.26 bits per heavy atom. The third kappa shape index (κ3) is 27.2. The maximum Gasteiger partial charge on any atom is 0.408 e. The number of ether oxygens (including phenoxy) is 4. The summed E-state index contributed by atoms with van der Waals surface area (Å²) < 4.78 is 23.6. The Labute approximate surface area is 660 Å². The van der Waals surface area contributed by atoms with Crippen molar-refractivity contribution >= 4 is 77.0 Å². The van der Waals surface area contributed by atoms with Crippen LogP contribution < -0.4 is 42.5 Å². The highest BCUT2D eigenvalue weighted by Gasteiger charge is 2.58. The van der Waals surface area contributed by atoms with Crippen LogP contribution in [-0.4, -0.2) is 233 Å². The van der Waals surface area contributed by atoms with Crippen LogP contribution in [0.15, 0.2) is 60.7 Å². The smallest absolute Gasteiger partial charge is 0.408 e. The number of nitrogens with zero attached hydrogens (tertiary/aromatic N) is 4. The number of nitrogens with one attached hydrogen (secondary N) is 8. The first-order valence-corrected chi connectivity index (χ1v) is 40.2. The number of likely N-dealkylation sites (N-methyl/N-ethyl adjacent to an activating group) is 2. The minimum absolute atomic E-state index is 0.117. The normalized spacial score (nSPS) is 25.7. The number of fused-ring (bicyclic) bond motifs is 6. The van der Waals surface area contributed by atoms with Crippen molar-refractivity contribution in [3.63, 3.8) is 0 Å². The van der Waals surface area contributed by atoms with Gasteiger partial charge in [-0.1, -0.05) is 163 Å². The molecule has 30 nitrogen and oxygen atoms in total. The van der Waals surface area contributed by atoms with Crippen molar-refractivity contribution in [3.8, 4) is 0 Å². The number of aliphatic hydroxyl groups excluding tert-OH is 1. The Hall–Kier alpha value is -8.77. The Morgan fingerprint density at radius 1 is 0.518 bits per heavy atom. The number of hydrogen-bond donors (Lipinski definition) is 9. The first-order valence-electron chi connectivity index (χ1n) is 40.2. The number of ketones is 1. The molecule has 0 aliphatic carbocycles. The standard InChI is InChI=1S/C41H64N6O9.C41H62N6O9/c2*1-40(2,3)56-39(54)44-29-22-18-13-11-9-8-10-12-17-21-28(43-35(50)33-27-23-41(4,5)55-30(27)25-47(33)37(29)52)34(49)36(51)42-24-31(48)45-32(38(53)46(6)7)26-19-15-14-16-20-26/h14-16,19-20,27-30,32-34,49H,8-13,17-18,21-25H2,1-7H3,(H,42,51)(H,43,50)(H,44,54)(H,45,48);14-16,19-20,27-30,32-33H,8-13,17-18,21-25H2,1-7H3,(H,42,51)(H,43,50)(H,44,54)(H,45,48)/t27-,28-,29-,30?,32-,33-,34?;27-,28-,29-,30?,32-,33-/m00/s1. The number of amides is 12. The molecule has 3 unspecified atom stereocenters. The zero-order valence-corrected chi connectivity index (χ0v) is 68.3. The molecule has 9 N–H and O–H groups in total. The molecule has 622 valence electrons. The summed E-state index contributed by atoms with van der Waals surface area (Å²) in [6.45, 7) is 17.3. The Kier molecular flexibility index (Phi) is 33.4. The van der Waals surface area contributed by atoms with Gasteiger partial charge < -0.3 is 86.2 Å². The summed E-state index contributed by atoms with van der Waals surface area (Å²) in [4.78, 5) is 181. The van der Waals surface area contributed by atoms with Crippen molar-refractivity contribution in [1.29, 1.82) is 0 Å². The molecule has 8 rings (SSSR count).